The van der Waals surface area contributed by atoms with Crippen molar-refractivity contribution in [1.82, 2.24) is 0 Å². The molecule has 2 aromatic carbocycles. The fourth-order valence-corrected chi connectivity index (χ4v) is 2.78. The Morgan fingerprint density at radius 1 is 1.08 bits per heavy atom. The van der Waals surface area contributed by atoms with Crippen molar-refractivity contribution < 1.29 is 18.7 Å². The summed E-state index contributed by atoms with van der Waals surface area (Å²) in [5.41, 5.74) is 2.54. The quantitative estimate of drug-likeness (QED) is 0.678. The van der Waals surface area contributed by atoms with E-state index >= 15 is 0 Å². The molecule has 0 fully saturated rings. The Morgan fingerprint density at radius 3 is 2.52 bits per heavy atom. The van der Waals surface area contributed by atoms with Crippen molar-refractivity contribution in [2.75, 3.05) is 14.2 Å². The second kappa shape index (κ2) is 6.43. The smallest absolute Gasteiger partial charge is 0.341 e. The van der Waals surface area contributed by atoms with E-state index in [2.05, 4.69) is 0 Å². The zero-order chi connectivity index (χ0) is 18.1. The normalized spacial score (nSPS) is 10.7. The molecule has 1 heterocycles. The number of carbonyl (C=O) groups is 1. The molecule has 5 nitrogen and oxygen atoms in total. The van der Waals surface area contributed by atoms with E-state index in [-0.39, 0.29) is 16.6 Å². The van der Waals surface area contributed by atoms with E-state index in [0.717, 1.165) is 11.1 Å². The van der Waals surface area contributed by atoms with Crippen molar-refractivity contribution in [2.45, 2.75) is 13.8 Å². The number of hydrogen-bond donors (Lipinski definition) is 0. The summed E-state index contributed by atoms with van der Waals surface area (Å²) < 4.78 is 16.1. The van der Waals surface area contributed by atoms with Crippen LogP contribution >= 0.6 is 0 Å². The van der Waals surface area contributed by atoms with Crippen molar-refractivity contribution in [3.8, 4) is 17.1 Å². The van der Waals surface area contributed by atoms with Gasteiger partial charge in [0, 0.05) is 11.6 Å². The van der Waals surface area contributed by atoms with Gasteiger partial charge in [-0.1, -0.05) is 12.1 Å². The van der Waals surface area contributed by atoms with Gasteiger partial charge in [-0.2, -0.15) is 0 Å². The summed E-state index contributed by atoms with van der Waals surface area (Å²) in [4.78, 5) is 24.9. The van der Waals surface area contributed by atoms with Gasteiger partial charge in [0.1, 0.15) is 17.1 Å². The molecule has 0 aliphatic carbocycles. The van der Waals surface area contributed by atoms with E-state index in [9.17, 15) is 9.59 Å². The molecule has 25 heavy (non-hydrogen) atoms. The summed E-state index contributed by atoms with van der Waals surface area (Å²) in [5, 5.41) is 0.357. The van der Waals surface area contributed by atoms with Crippen molar-refractivity contribution in [1.29, 1.82) is 0 Å². The second-order valence-electron chi connectivity index (χ2n) is 5.77. The Kier molecular flexibility index (Phi) is 4.31. The molecule has 0 saturated carbocycles. The van der Waals surface area contributed by atoms with Crippen molar-refractivity contribution >= 4 is 16.9 Å². The third-order valence-electron chi connectivity index (χ3n) is 4.28. The van der Waals surface area contributed by atoms with Gasteiger partial charge >= 0.3 is 5.97 Å². The molecule has 128 valence electrons. The first kappa shape index (κ1) is 16.8. The number of aryl methyl sites for hydroxylation is 1. The molecule has 0 spiro atoms. The lowest BCUT2D eigenvalue weighted by Gasteiger charge is -2.12. The van der Waals surface area contributed by atoms with Crippen molar-refractivity contribution in [3.05, 3.63) is 63.3 Å². The average molecular weight is 338 g/mol. The Bertz CT molecular complexity index is 1030. The second-order valence-corrected chi connectivity index (χ2v) is 5.77. The van der Waals surface area contributed by atoms with Crippen LogP contribution in [-0.2, 0) is 4.74 Å². The number of carbonyl (C=O) groups excluding carboxylic acids is 1. The maximum absolute atomic E-state index is 12.6. The Morgan fingerprint density at radius 2 is 1.84 bits per heavy atom. The van der Waals surface area contributed by atoms with Crippen LogP contribution in [0.1, 0.15) is 21.5 Å². The van der Waals surface area contributed by atoms with E-state index in [0.29, 0.717) is 22.5 Å². The van der Waals surface area contributed by atoms with Gasteiger partial charge in [0.25, 0.3) is 0 Å². The highest BCUT2D eigenvalue weighted by molar-refractivity contribution is 6.04. The molecule has 0 atom stereocenters. The summed E-state index contributed by atoms with van der Waals surface area (Å²) in [7, 11) is 2.87. The van der Waals surface area contributed by atoms with Crippen LogP contribution in [0.4, 0.5) is 0 Å². The summed E-state index contributed by atoms with van der Waals surface area (Å²) in [6.07, 6.45) is 0. The third-order valence-corrected chi connectivity index (χ3v) is 4.28. The number of methoxy groups -OCH3 is 2. The largest absolute Gasteiger partial charge is 0.497 e. The predicted octanol–water partition coefficient (Wildman–Crippen LogP) is 3.87. The minimum absolute atomic E-state index is 0.215. The van der Waals surface area contributed by atoms with E-state index in [1.54, 1.807) is 38.3 Å². The molecule has 0 amide bonds. The third kappa shape index (κ3) is 2.89. The number of ether oxygens (including phenoxy) is 2. The lowest BCUT2D eigenvalue weighted by atomic mass is 9.99. The van der Waals surface area contributed by atoms with Crippen molar-refractivity contribution in [2.24, 2.45) is 0 Å². The Balaban J connectivity index is 2.36. The van der Waals surface area contributed by atoms with Crippen LogP contribution in [0, 0.1) is 13.8 Å². The van der Waals surface area contributed by atoms with Crippen LogP contribution in [0.25, 0.3) is 22.3 Å². The first-order chi connectivity index (χ1) is 12.0. The van der Waals surface area contributed by atoms with Gasteiger partial charge in [-0.15, -0.1) is 0 Å². The van der Waals surface area contributed by atoms with Crippen molar-refractivity contribution in [3.63, 3.8) is 0 Å². The number of rotatable bonds is 3. The molecule has 0 N–H and O–H groups in total. The summed E-state index contributed by atoms with van der Waals surface area (Å²) in [5.74, 6) is 0.482. The van der Waals surface area contributed by atoms with Gasteiger partial charge in [0.15, 0.2) is 11.0 Å². The molecule has 1 aromatic heterocycles. The fourth-order valence-electron chi connectivity index (χ4n) is 2.78. The molecule has 0 unspecified atom stereocenters. The van der Waals surface area contributed by atoms with E-state index < -0.39 is 5.97 Å². The van der Waals surface area contributed by atoms with Gasteiger partial charge in [-0.3, -0.25) is 4.79 Å². The molecular weight excluding hydrogens is 320 g/mol. The monoisotopic (exact) mass is 338 g/mol. The summed E-state index contributed by atoms with van der Waals surface area (Å²) in [6, 6.07) is 10.3. The highest BCUT2D eigenvalue weighted by Crippen LogP contribution is 2.29. The molecule has 0 aliphatic rings. The number of esters is 1. The lowest BCUT2D eigenvalue weighted by Crippen LogP contribution is -2.10. The van der Waals surface area contributed by atoms with Crippen LogP contribution in [0.3, 0.4) is 0 Å². The van der Waals surface area contributed by atoms with Crippen LogP contribution in [0.2, 0.25) is 0 Å². The molecule has 0 aliphatic heterocycles. The number of hydrogen-bond acceptors (Lipinski definition) is 5. The van der Waals surface area contributed by atoms with E-state index in [1.807, 2.05) is 13.0 Å². The number of benzene rings is 2. The highest BCUT2D eigenvalue weighted by atomic mass is 16.5. The van der Waals surface area contributed by atoms with E-state index in [4.69, 9.17) is 13.9 Å². The molecule has 0 saturated heterocycles. The molecule has 5 heteroatoms. The van der Waals surface area contributed by atoms with Crippen LogP contribution in [0.15, 0.2) is 45.6 Å². The van der Waals surface area contributed by atoms with Crippen LogP contribution in [-0.4, -0.2) is 20.2 Å². The van der Waals surface area contributed by atoms with Crippen LogP contribution in [0.5, 0.6) is 5.75 Å². The number of fused-ring (bicyclic) bond motifs is 1. The topological polar surface area (TPSA) is 65.7 Å². The average Bonchev–Trinajstić information content (AvgIpc) is 2.63. The highest BCUT2D eigenvalue weighted by Gasteiger charge is 2.20. The molecule has 0 radical (unpaired) electrons. The van der Waals surface area contributed by atoms with Gasteiger partial charge in [-0.05, 0) is 43.2 Å². The summed E-state index contributed by atoms with van der Waals surface area (Å²) >= 11 is 0. The zero-order valence-corrected chi connectivity index (χ0v) is 14.5. The molecule has 3 aromatic rings. The van der Waals surface area contributed by atoms with Gasteiger partial charge in [0.2, 0.25) is 0 Å². The van der Waals surface area contributed by atoms with Gasteiger partial charge in [0.05, 0.1) is 19.6 Å². The van der Waals surface area contributed by atoms with Gasteiger partial charge < -0.3 is 13.9 Å². The minimum atomic E-state index is -0.530. The predicted molar refractivity (Wildman–Crippen MR) is 95.3 cm³/mol. The molecular formula is C20H18O5. The molecule has 0 bridgehead atoms. The lowest BCUT2D eigenvalue weighted by molar-refractivity contribution is 0.0601. The van der Waals surface area contributed by atoms with Gasteiger partial charge in [-0.25, -0.2) is 4.79 Å². The minimum Gasteiger partial charge on any atom is -0.497 e. The summed E-state index contributed by atoms with van der Waals surface area (Å²) in [6.45, 7) is 3.65. The van der Waals surface area contributed by atoms with Crippen LogP contribution < -0.4 is 10.2 Å². The maximum Gasteiger partial charge on any atom is 0.341 e. The maximum atomic E-state index is 12.6. The molecule has 3 rings (SSSR count). The first-order valence-corrected chi connectivity index (χ1v) is 7.77. The standard InChI is InChI=1S/C20H18O5/c1-11-8-15-16(21)10-17(13-6-5-7-14(9-13)23-3)25-19(15)18(12(11)2)20(22)24-4/h5-10H,1-4H3. The first-order valence-electron chi connectivity index (χ1n) is 7.77. The fraction of sp³-hybridized carbons (Fsp3) is 0.200. The Hall–Kier alpha value is -3.08. The SMILES string of the molecule is COC(=O)c1c(C)c(C)cc2c(=O)cc(-c3cccc(OC)c3)oc12. The Labute approximate surface area is 144 Å². The van der Waals surface area contributed by atoms with E-state index in [1.165, 1.54) is 13.2 Å². The zero-order valence-electron chi connectivity index (χ0n) is 14.5.